The zero-order valence-corrected chi connectivity index (χ0v) is 18.5. The van der Waals surface area contributed by atoms with Crippen molar-refractivity contribution in [2.24, 2.45) is 5.41 Å². The van der Waals surface area contributed by atoms with Crippen molar-refractivity contribution in [3.8, 4) is 11.5 Å². The molecular weight excluding hydrogens is 400 g/mol. The lowest BCUT2D eigenvalue weighted by Gasteiger charge is -2.44. The van der Waals surface area contributed by atoms with E-state index in [4.69, 9.17) is 9.47 Å². The summed E-state index contributed by atoms with van der Waals surface area (Å²) in [7, 11) is -1.88. The molecule has 2 aromatic carbocycles. The summed E-state index contributed by atoms with van der Waals surface area (Å²) in [5.41, 5.74) is 1.10. The van der Waals surface area contributed by atoms with Crippen LogP contribution in [0, 0.1) is 5.41 Å². The van der Waals surface area contributed by atoms with Gasteiger partial charge in [-0.25, -0.2) is 8.42 Å². The van der Waals surface area contributed by atoms with Gasteiger partial charge in [-0.15, -0.1) is 0 Å². The Labute approximate surface area is 179 Å². The molecule has 30 heavy (non-hydrogen) atoms. The van der Waals surface area contributed by atoms with Crippen molar-refractivity contribution in [2.45, 2.75) is 31.2 Å². The second-order valence-corrected chi connectivity index (χ2v) is 10.2. The second-order valence-electron chi connectivity index (χ2n) is 8.29. The van der Waals surface area contributed by atoms with Gasteiger partial charge in [0.1, 0.15) is 16.4 Å². The van der Waals surface area contributed by atoms with Crippen LogP contribution >= 0.6 is 0 Å². The molecule has 2 heterocycles. The van der Waals surface area contributed by atoms with Crippen LogP contribution < -0.4 is 9.47 Å². The van der Waals surface area contributed by atoms with E-state index in [1.165, 1.54) is 5.56 Å². The molecule has 1 fully saturated rings. The molecule has 0 amide bonds. The Bertz CT molecular complexity index is 967. The van der Waals surface area contributed by atoms with Crippen molar-refractivity contribution in [2.75, 3.05) is 39.9 Å². The van der Waals surface area contributed by atoms with Gasteiger partial charge >= 0.3 is 0 Å². The zero-order chi connectivity index (χ0) is 21.2. The highest BCUT2D eigenvalue weighted by atomic mass is 32.2. The lowest BCUT2D eigenvalue weighted by molar-refractivity contribution is 0.0333. The Balaban J connectivity index is 1.49. The zero-order valence-electron chi connectivity index (χ0n) is 17.7. The number of sulfonamides is 1. The molecule has 6 nitrogen and oxygen atoms in total. The maximum absolute atomic E-state index is 13.2. The predicted octanol–water partition coefficient (Wildman–Crippen LogP) is 3.38. The average molecular weight is 431 g/mol. The molecule has 1 spiro atoms. The van der Waals surface area contributed by atoms with Crippen molar-refractivity contribution in [1.82, 2.24) is 9.21 Å². The van der Waals surface area contributed by atoms with E-state index in [2.05, 4.69) is 17.0 Å². The number of ether oxygens (including phenoxy) is 2. The van der Waals surface area contributed by atoms with Gasteiger partial charge in [0.25, 0.3) is 0 Å². The quantitative estimate of drug-likeness (QED) is 0.744. The number of hydrogen-bond acceptors (Lipinski definition) is 5. The molecular formula is C23H30N2O4S. The molecule has 0 saturated carbocycles. The Hall–Kier alpha value is -2.09. The van der Waals surface area contributed by atoms with E-state index >= 15 is 0 Å². The molecule has 0 radical (unpaired) electrons. The first-order valence-electron chi connectivity index (χ1n) is 10.5. The largest absolute Gasteiger partial charge is 0.497 e. The van der Waals surface area contributed by atoms with Gasteiger partial charge in [-0.05, 0) is 55.8 Å². The van der Waals surface area contributed by atoms with Crippen LogP contribution in [0.3, 0.4) is 0 Å². The summed E-state index contributed by atoms with van der Waals surface area (Å²) in [5, 5.41) is 0. The third kappa shape index (κ3) is 4.19. The molecule has 2 aliphatic heterocycles. The van der Waals surface area contributed by atoms with E-state index in [0.29, 0.717) is 25.4 Å². The number of likely N-dealkylation sites (tertiary alicyclic amines) is 1. The minimum Gasteiger partial charge on any atom is -0.497 e. The molecule has 0 aromatic heterocycles. The van der Waals surface area contributed by atoms with Crippen molar-refractivity contribution in [3.63, 3.8) is 0 Å². The highest BCUT2D eigenvalue weighted by Gasteiger charge is 2.42. The van der Waals surface area contributed by atoms with Crippen LogP contribution in [0.2, 0.25) is 0 Å². The fourth-order valence-corrected chi connectivity index (χ4v) is 6.11. The minimum absolute atomic E-state index is 0.160. The van der Waals surface area contributed by atoms with Crippen molar-refractivity contribution >= 4 is 10.0 Å². The molecule has 2 aromatic rings. The summed E-state index contributed by atoms with van der Waals surface area (Å²) in [6.07, 6.45) is 1.83. The van der Waals surface area contributed by atoms with Crippen LogP contribution in [-0.2, 0) is 16.6 Å². The standard InChI is InChI=1S/C23H30N2O4S/c1-3-25-17-23(18-29-21-6-4-5-7-22(21)30(25,26)27)12-14-24(15-13-23)16-19-8-10-20(28-2)11-9-19/h4-11H,3,12-18H2,1-2H3. The predicted molar refractivity (Wildman–Crippen MR) is 116 cm³/mol. The van der Waals surface area contributed by atoms with E-state index in [1.807, 2.05) is 25.1 Å². The molecule has 7 heteroatoms. The molecule has 0 aliphatic carbocycles. The van der Waals surface area contributed by atoms with Crippen molar-refractivity contribution in [3.05, 3.63) is 54.1 Å². The molecule has 0 atom stereocenters. The van der Waals surface area contributed by atoms with Crippen LogP contribution in [0.5, 0.6) is 11.5 Å². The molecule has 0 N–H and O–H groups in total. The van der Waals surface area contributed by atoms with E-state index < -0.39 is 10.0 Å². The first-order valence-corrected chi connectivity index (χ1v) is 12.0. The molecule has 4 rings (SSSR count). The van der Waals surface area contributed by atoms with Crippen molar-refractivity contribution in [1.29, 1.82) is 0 Å². The number of benzene rings is 2. The van der Waals surface area contributed by atoms with Gasteiger partial charge in [-0.1, -0.05) is 31.2 Å². The highest BCUT2D eigenvalue weighted by Crippen LogP contribution is 2.39. The van der Waals surface area contributed by atoms with Crippen LogP contribution in [0.25, 0.3) is 0 Å². The van der Waals surface area contributed by atoms with Crippen LogP contribution in [0.4, 0.5) is 0 Å². The maximum Gasteiger partial charge on any atom is 0.246 e. The second kappa shape index (κ2) is 8.57. The molecule has 1 saturated heterocycles. The first kappa shape index (κ1) is 21.2. The Morgan fingerprint density at radius 2 is 1.77 bits per heavy atom. The lowest BCUT2D eigenvalue weighted by atomic mass is 9.78. The van der Waals surface area contributed by atoms with E-state index in [1.54, 1.807) is 29.6 Å². The summed E-state index contributed by atoms with van der Waals surface area (Å²) in [6, 6.07) is 15.2. The van der Waals surface area contributed by atoms with Gasteiger partial charge in [0.15, 0.2) is 0 Å². The van der Waals surface area contributed by atoms with Crippen LogP contribution in [-0.4, -0.2) is 57.5 Å². The molecule has 162 valence electrons. The van der Waals surface area contributed by atoms with Gasteiger partial charge in [-0.2, -0.15) is 4.31 Å². The number of nitrogens with zero attached hydrogens (tertiary/aromatic N) is 2. The Morgan fingerprint density at radius 1 is 1.07 bits per heavy atom. The van der Waals surface area contributed by atoms with Crippen molar-refractivity contribution < 1.29 is 17.9 Å². The van der Waals surface area contributed by atoms with Gasteiger partial charge in [-0.3, -0.25) is 4.90 Å². The number of methoxy groups -OCH3 is 1. The molecule has 2 aliphatic rings. The topological polar surface area (TPSA) is 59.1 Å². The summed E-state index contributed by atoms with van der Waals surface area (Å²) >= 11 is 0. The number of hydrogen-bond donors (Lipinski definition) is 0. The van der Waals surface area contributed by atoms with Crippen LogP contribution in [0.15, 0.2) is 53.4 Å². The summed E-state index contributed by atoms with van der Waals surface area (Å²) in [5.74, 6) is 1.33. The number of para-hydroxylation sites is 1. The SMILES string of the molecule is CCN1CC2(CCN(Cc3ccc(OC)cc3)CC2)COc2ccccc2S1(=O)=O. The minimum atomic E-state index is -3.55. The van der Waals surface area contributed by atoms with E-state index in [9.17, 15) is 8.42 Å². The lowest BCUT2D eigenvalue weighted by Crippen LogP contribution is -2.51. The Kier molecular flexibility index (Phi) is 6.04. The fourth-order valence-electron chi connectivity index (χ4n) is 4.42. The van der Waals surface area contributed by atoms with E-state index in [-0.39, 0.29) is 10.3 Å². The highest BCUT2D eigenvalue weighted by molar-refractivity contribution is 7.89. The molecule has 0 unspecified atom stereocenters. The number of rotatable bonds is 4. The van der Waals surface area contributed by atoms with Crippen LogP contribution in [0.1, 0.15) is 25.3 Å². The summed E-state index contributed by atoms with van der Waals surface area (Å²) in [4.78, 5) is 2.71. The third-order valence-corrected chi connectivity index (χ3v) is 8.31. The number of piperidine rings is 1. The van der Waals surface area contributed by atoms with Gasteiger partial charge < -0.3 is 9.47 Å². The summed E-state index contributed by atoms with van der Waals surface area (Å²) < 4.78 is 39.4. The summed E-state index contributed by atoms with van der Waals surface area (Å²) in [6.45, 7) is 6.18. The smallest absolute Gasteiger partial charge is 0.246 e. The Morgan fingerprint density at radius 3 is 2.43 bits per heavy atom. The van der Waals surface area contributed by atoms with E-state index in [0.717, 1.165) is 38.2 Å². The maximum atomic E-state index is 13.2. The first-order chi connectivity index (χ1) is 14.5. The molecule has 0 bridgehead atoms. The van der Waals surface area contributed by atoms with Gasteiger partial charge in [0, 0.05) is 25.0 Å². The monoisotopic (exact) mass is 430 g/mol. The average Bonchev–Trinajstić information content (AvgIpc) is 2.77. The number of fused-ring (bicyclic) bond motifs is 1. The third-order valence-electron chi connectivity index (χ3n) is 6.35. The fraction of sp³-hybridized carbons (Fsp3) is 0.478. The normalized spacial score (nSPS) is 21.3. The van der Waals surface area contributed by atoms with Gasteiger partial charge in [0.05, 0.1) is 13.7 Å². The van der Waals surface area contributed by atoms with Gasteiger partial charge in [0.2, 0.25) is 10.0 Å².